The number of alkyl halides is 3. The number of carbonyl (C=O) groups excluding carboxylic acids is 2. The van der Waals surface area contributed by atoms with E-state index < -0.39 is 18.8 Å². The third kappa shape index (κ3) is 6.54. The molecule has 2 rings (SSSR count). The lowest BCUT2D eigenvalue weighted by atomic mass is 10.1. The molecule has 0 bridgehead atoms. The number of halogens is 3. The van der Waals surface area contributed by atoms with Gasteiger partial charge in [0.2, 0.25) is 5.91 Å². The van der Waals surface area contributed by atoms with E-state index in [1.54, 1.807) is 6.92 Å². The summed E-state index contributed by atoms with van der Waals surface area (Å²) in [6, 6.07) is -0.407. The number of aliphatic imine (C=N–C) groups is 1. The van der Waals surface area contributed by atoms with Crippen LogP contribution in [0.5, 0.6) is 0 Å². The first-order chi connectivity index (χ1) is 13.2. The Labute approximate surface area is 163 Å². The number of urea groups is 1. The van der Waals surface area contributed by atoms with Crippen molar-refractivity contribution in [3.05, 3.63) is 0 Å². The molecule has 11 heteroatoms. The molecule has 1 unspecified atom stereocenters. The Morgan fingerprint density at radius 2 is 2.11 bits per heavy atom. The molecule has 28 heavy (non-hydrogen) atoms. The number of nitrogens with one attached hydrogen (secondary N) is 2. The quantitative estimate of drug-likeness (QED) is 0.353. The van der Waals surface area contributed by atoms with E-state index >= 15 is 0 Å². The first-order valence-electron chi connectivity index (χ1n) is 9.64. The maximum atomic E-state index is 12.7. The number of rotatable bonds is 8. The number of imide groups is 1. The second-order valence-corrected chi connectivity index (χ2v) is 6.98. The maximum Gasteiger partial charge on any atom is 0.401 e. The number of hydrogen-bond donors (Lipinski definition) is 2. The van der Waals surface area contributed by atoms with Gasteiger partial charge in [0.25, 0.3) is 0 Å². The number of nitrogens with zero attached hydrogens (tertiary/aromatic N) is 4. The van der Waals surface area contributed by atoms with Gasteiger partial charge in [-0.25, -0.2) is 4.79 Å². The molecule has 0 aromatic heterocycles. The molecule has 2 N–H and O–H groups in total. The second kappa shape index (κ2) is 9.94. The lowest BCUT2D eigenvalue weighted by molar-refractivity contribution is -0.146. The zero-order chi connectivity index (χ0) is 20.7. The Morgan fingerprint density at radius 3 is 2.68 bits per heavy atom. The lowest BCUT2D eigenvalue weighted by Crippen LogP contribution is -2.42. The normalized spacial score (nSPS) is 21.1. The molecule has 2 aliphatic heterocycles. The zero-order valence-corrected chi connectivity index (χ0v) is 16.4. The van der Waals surface area contributed by atoms with Crippen molar-refractivity contribution in [2.75, 3.05) is 58.9 Å². The van der Waals surface area contributed by atoms with Gasteiger partial charge in [-0.3, -0.25) is 19.6 Å². The topological polar surface area (TPSA) is 80.3 Å². The van der Waals surface area contributed by atoms with Crippen LogP contribution in [0.25, 0.3) is 0 Å². The number of likely N-dealkylation sites (tertiary alicyclic amines) is 1. The third-order valence-corrected chi connectivity index (χ3v) is 4.81. The fraction of sp³-hybridized carbons (Fsp3) is 0.824. The number of hydrogen-bond acceptors (Lipinski definition) is 4. The van der Waals surface area contributed by atoms with Crippen molar-refractivity contribution < 1.29 is 22.8 Å². The molecule has 8 nitrogen and oxygen atoms in total. The van der Waals surface area contributed by atoms with Crippen LogP contribution in [0.4, 0.5) is 18.0 Å². The van der Waals surface area contributed by atoms with Crippen LogP contribution in [0.15, 0.2) is 4.99 Å². The minimum absolute atomic E-state index is 0.0161. The van der Waals surface area contributed by atoms with Gasteiger partial charge in [-0.15, -0.1) is 0 Å². The van der Waals surface area contributed by atoms with Gasteiger partial charge in [-0.2, -0.15) is 13.2 Å². The summed E-state index contributed by atoms with van der Waals surface area (Å²) in [5.74, 6) is 0.531. The van der Waals surface area contributed by atoms with E-state index in [1.165, 1.54) is 4.90 Å². The molecule has 1 atom stereocenters. The van der Waals surface area contributed by atoms with Crippen LogP contribution in [0.3, 0.4) is 0 Å². The number of guanidine groups is 1. The van der Waals surface area contributed by atoms with E-state index in [2.05, 4.69) is 15.6 Å². The SMILES string of the molecule is CCNC(=NCCN1C(=O)CNC1=O)N1CCC(CN(CC)CC(F)(F)F)C1. The van der Waals surface area contributed by atoms with E-state index in [-0.39, 0.29) is 31.5 Å². The highest BCUT2D eigenvalue weighted by molar-refractivity contribution is 6.01. The molecule has 0 aromatic rings. The van der Waals surface area contributed by atoms with Crippen molar-refractivity contribution in [3.63, 3.8) is 0 Å². The number of carbonyl (C=O) groups is 2. The third-order valence-electron chi connectivity index (χ3n) is 4.81. The van der Waals surface area contributed by atoms with Crippen molar-refractivity contribution in [3.8, 4) is 0 Å². The fourth-order valence-corrected chi connectivity index (χ4v) is 3.46. The summed E-state index contributed by atoms with van der Waals surface area (Å²) in [4.78, 5) is 32.2. The van der Waals surface area contributed by atoms with Gasteiger partial charge in [0.15, 0.2) is 5.96 Å². The van der Waals surface area contributed by atoms with E-state index in [0.717, 1.165) is 11.3 Å². The maximum absolute atomic E-state index is 12.7. The lowest BCUT2D eigenvalue weighted by Gasteiger charge is -2.26. The molecule has 0 aromatic carbocycles. The van der Waals surface area contributed by atoms with E-state index in [4.69, 9.17) is 0 Å². The van der Waals surface area contributed by atoms with E-state index in [9.17, 15) is 22.8 Å². The van der Waals surface area contributed by atoms with Crippen molar-refractivity contribution in [1.82, 2.24) is 25.3 Å². The molecule has 0 radical (unpaired) electrons. The highest BCUT2D eigenvalue weighted by Gasteiger charge is 2.33. The molecule has 160 valence electrons. The molecule has 0 aliphatic carbocycles. The van der Waals surface area contributed by atoms with Crippen LogP contribution in [0.2, 0.25) is 0 Å². The molecule has 0 saturated carbocycles. The molecule has 2 heterocycles. The highest BCUT2D eigenvalue weighted by atomic mass is 19.4. The van der Waals surface area contributed by atoms with Crippen LogP contribution in [0.1, 0.15) is 20.3 Å². The molecular formula is C17H29F3N6O2. The standard InChI is InChI=1S/C17H29F3N6O2/c1-3-21-15(22-6-8-26-14(27)9-23-16(26)28)25-7-5-13(11-25)10-24(4-2)12-17(18,19)20/h13H,3-12H2,1-2H3,(H,21,22)(H,23,28). The summed E-state index contributed by atoms with van der Waals surface area (Å²) in [5.41, 5.74) is 0. The van der Waals surface area contributed by atoms with Crippen LogP contribution in [-0.4, -0.2) is 97.7 Å². The van der Waals surface area contributed by atoms with Gasteiger partial charge in [-0.1, -0.05) is 6.92 Å². The van der Waals surface area contributed by atoms with E-state index in [1.807, 2.05) is 11.8 Å². The Balaban J connectivity index is 1.88. The molecule has 3 amide bonds. The van der Waals surface area contributed by atoms with Gasteiger partial charge in [0.05, 0.1) is 26.2 Å². The smallest absolute Gasteiger partial charge is 0.357 e. The summed E-state index contributed by atoms with van der Waals surface area (Å²) in [6.45, 7) is 6.02. The molecule has 2 aliphatic rings. The van der Waals surface area contributed by atoms with Gasteiger partial charge >= 0.3 is 12.2 Å². The van der Waals surface area contributed by atoms with Crippen molar-refractivity contribution in [2.45, 2.75) is 26.4 Å². The minimum atomic E-state index is -4.19. The largest absolute Gasteiger partial charge is 0.401 e. The Hall–Kier alpha value is -2.04. The van der Waals surface area contributed by atoms with Crippen molar-refractivity contribution >= 4 is 17.9 Å². The van der Waals surface area contributed by atoms with Gasteiger partial charge in [0.1, 0.15) is 0 Å². The van der Waals surface area contributed by atoms with Crippen LogP contribution >= 0.6 is 0 Å². The molecule has 2 saturated heterocycles. The second-order valence-electron chi connectivity index (χ2n) is 6.98. The molecule has 0 spiro atoms. The average molecular weight is 406 g/mol. The number of amides is 3. The van der Waals surface area contributed by atoms with Gasteiger partial charge in [-0.05, 0) is 25.8 Å². The Bertz CT molecular complexity index is 568. The van der Waals surface area contributed by atoms with E-state index in [0.29, 0.717) is 38.7 Å². The monoisotopic (exact) mass is 406 g/mol. The molecular weight excluding hydrogens is 377 g/mol. The predicted molar refractivity (Wildman–Crippen MR) is 98.9 cm³/mol. The minimum Gasteiger partial charge on any atom is -0.357 e. The zero-order valence-electron chi connectivity index (χ0n) is 16.4. The Kier molecular flexibility index (Phi) is 7.90. The summed E-state index contributed by atoms with van der Waals surface area (Å²) < 4.78 is 38.0. The van der Waals surface area contributed by atoms with Gasteiger partial charge < -0.3 is 15.5 Å². The van der Waals surface area contributed by atoms with Crippen molar-refractivity contribution in [1.29, 1.82) is 0 Å². The summed E-state index contributed by atoms with van der Waals surface area (Å²) in [6.07, 6.45) is -3.39. The molecule has 2 fully saturated rings. The summed E-state index contributed by atoms with van der Waals surface area (Å²) in [5, 5.41) is 5.64. The first-order valence-corrected chi connectivity index (χ1v) is 9.64. The van der Waals surface area contributed by atoms with Crippen LogP contribution in [-0.2, 0) is 4.79 Å². The average Bonchev–Trinajstić information content (AvgIpc) is 3.20. The summed E-state index contributed by atoms with van der Waals surface area (Å²) in [7, 11) is 0. The first kappa shape index (κ1) is 22.3. The van der Waals surface area contributed by atoms with Gasteiger partial charge in [0, 0.05) is 26.2 Å². The van der Waals surface area contributed by atoms with Crippen molar-refractivity contribution in [2.24, 2.45) is 10.9 Å². The predicted octanol–water partition coefficient (Wildman–Crippen LogP) is 0.710. The highest BCUT2D eigenvalue weighted by Crippen LogP contribution is 2.21. The van der Waals surface area contributed by atoms with Crippen LogP contribution in [0, 0.1) is 5.92 Å². The Morgan fingerprint density at radius 1 is 1.36 bits per heavy atom. The summed E-state index contributed by atoms with van der Waals surface area (Å²) >= 11 is 0. The fourth-order valence-electron chi connectivity index (χ4n) is 3.46. The van der Waals surface area contributed by atoms with Crippen LogP contribution < -0.4 is 10.6 Å².